The maximum absolute atomic E-state index is 12.2. The van der Waals surface area contributed by atoms with Crippen molar-refractivity contribution in [2.24, 2.45) is 5.73 Å². The van der Waals surface area contributed by atoms with Gasteiger partial charge in [-0.1, -0.05) is 0 Å². The van der Waals surface area contributed by atoms with Gasteiger partial charge in [0.1, 0.15) is 0 Å². The van der Waals surface area contributed by atoms with Crippen LogP contribution in [0.5, 0.6) is 0 Å². The molecule has 0 bridgehead atoms. The van der Waals surface area contributed by atoms with Crippen molar-refractivity contribution < 1.29 is 29.2 Å². The molecular formula is C9H16NO6P. The molecule has 0 fully saturated rings. The number of carboxylic acids is 2. The van der Waals surface area contributed by atoms with Gasteiger partial charge in [0.05, 0.1) is 20.0 Å². The van der Waals surface area contributed by atoms with Crippen LogP contribution in [0.2, 0.25) is 0 Å². The van der Waals surface area contributed by atoms with Crippen molar-refractivity contribution >= 4 is 25.0 Å². The van der Waals surface area contributed by atoms with E-state index in [4.69, 9.17) is 15.9 Å². The van der Waals surface area contributed by atoms with E-state index in [-0.39, 0.29) is 37.7 Å². The highest BCUT2D eigenvalue weighted by molar-refractivity contribution is 7.64. The van der Waals surface area contributed by atoms with Gasteiger partial charge in [0, 0.05) is 24.9 Å². The maximum atomic E-state index is 12.2. The van der Waals surface area contributed by atoms with E-state index in [0.29, 0.717) is 0 Å². The lowest BCUT2D eigenvalue weighted by atomic mass is 10.5. The van der Waals surface area contributed by atoms with E-state index in [0.717, 1.165) is 0 Å². The molecule has 0 saturated carbocycles. The first-order valence-electron chi connectivity index (χ1n) is 5.04. The Bertz CT molecular complexity index is 301. The van der Waals surface area contributed by atoms with Gasteiger partial charge in [-0.2, -0.15) is 0 Å². The van der Waals surface area contributed by atoms with Crippen LogP contribution in [0.1, 0.15) is 19.3 Å². The molecule has 0 aromatic heterocycles. The van der Waals surface area contributed by atoms with Crippen molar-refractivity contribution in [2.75, 3.05) is 18.5 Å². The lowest BCUT2D eigenvalue weighted by Gasteiger charge is -2.15. The fourth-order valence-electron chi connectivity index (χ4n) is 1.25. The van der Waals surface area contributed by atoms with Gasteiger partial charge in [-0.15, -0.1) is 0 Å². The summed E-state index contributed by atoms with van der Waals surface area (Å²) in [6, 6.07) is 0. The van der Waals surface area contributed by atoms with Gasteiger partial charge in [-0.25, -0.2) is 0 Å². The number of hydrogen-bond acceptors (Lipinski definition) is 4. The highest BCUT2D eigenvalue weighted by Crippen LogP contribution is 2.47. The molecule has 0 rings (SSSR count). The first-order chi connectivity index (χ1) is 7.75. The van der Waals surface area contributed by atoms with E-state index in [9.17, 15) is 18.9 Å². The zero-order valence-electron chi connectivity index (χ0n) is 9.29. The Balaban J connectivity index is 4.44. The third-order valence-corrected chi connectivity index (χ3v) is 5.35. The lowest BCUT2D eigenvalue weighted by molar-refractivity contribution is -0.137. The summed E-state index contributed by atoms with van der Waals surface area (Å²) in [5, 5.41) is 17.0. The van der Waals surface area contributed by atoms with Crippen molar-refractivity contribution in [2.45, 2.75) is 19.3 Å². The van der Waals surface area contributed by atoms with Crippen molar-refractivity contribution in [1.82, 2.24) is 0 Å². The molecule has 0 unspecified atom stereocenters. The number of carbonyl (C=O) groups is 3. The molecule has 0 radical (unpaired) electrons. The Morgan fingerprint density at radius 3 is 1.53 bits per heavy atom. The second-order valence-electron chi connectivity index (χ2n) is 3.73. The molecule has 0 aliphatic rings. The summed E-state index contributed by atoms with van der Waals surface area (Å²) >= 11 is 0. The molecule has 4 N–H and O–H groups in total. The fraction of sp³-hybridized carbons (Fsp3) is 0.667. The van der Waals surface area contributed by atoms with Crippen molar-refractivity contribution in [3.8, 4) is 0 Å². The third-order valence-electron chi connectivity index (χ3n) is 2.23. The van der Waals surface area contributed by atoms with Gasteiger partial charge < -0.3 is 20.5 Å². The summed E-state index contributed by atoms with van der Waals surface area (Å²) in [5.41, 5.74) is 4.92. The van der Waals surface area contributed by atoms with Gasteiger partial charge >= 0.3 is 11.9 Å². The Hall–Kier alpha value is -1.36. The van der Waals surface area contributed by atoms with Crippen LogP contribution in [-0.2, 0) is 18.9 Å². The maximum Gasteiger partial charge on any atom is 0.303 e. The average molecular weight is 265 g/mol. The molecule has 0 saturated heterocycles. The Kier molecular flexibility index (Phi) is 6.50. The Labute approximate surface area is 98.4 Å². The van der Waals surface area contributed by atoms with Crippen LogP contribution in [0.15, 0.2) is 0 Å². The van der Waals surface area contributed by atoms with E-state index < -0.39 is 25.0 Å². The van der Waals surface area contributed by atoms with E-state index in [1.807, 2.05) is 0 Å². The summed E-state index contributed by atoms with van der Waals surface area (Å²) in [5.74, 6) is -2.82. The minimum Gasteiger partial charge on any atom is -0.481 e. The Morgan fingerprint density at radius 1 is 0.882 bits per heavy atom. The van der Waals surface area contributed by atoms with Crippen LogP contribution < -0.4 is 5.73 Å². The number of nitrogens with two attached hydrogens (primary N) is 1. The van der Waals surface area contributed by atoms with Crippen molar-refractivity contribution in [3.05, 3.63) is 0 Å². The van der Waals surface area contributed by atoms with Crippen LogP contribution in [0.4, 0.5) is 0 Å². The minimum atomic E-state index is -2.94. The van der Waals surface area contributed by atoms with Gasteiger partial charge in [0.2, 0.25) is 5.91 Å². The Morgan fingerprint density at radius 2 is 1.24 bits per heavy atom. The first-order valence-corrected chi connectivity index (χ1v) is 7.30. The van der Waals surface area contributed by atoms with Crippen LogP contribution in [0, 0.1) is 0 Å². The largest absolute Gasteiger partial charge is 0.481 e. The molecule has 0 spiro atoms. The standard InChI is InChI=1S/C9H16NO6P/c10-7(11)1-4-17(16,5-2-8(12)13)6-3-9(14)15/h1-6H2,(H2,10,11)(H,12,13)(H,14,15). The molecule has 0 aromatic rings. The molecule has 0 heterocycles. The molecule has 0 aliphatic heterocycles. The fourth-order valence-corrected chi connectivity index (χ4v) is 3.74. The predicted molar refractivity (Wildman–Crippen MR) is 60.5 cm³/mol. The molecule has 0 aliphatic carbocycles. The third kappa shape index (κ3) is 8.45. The van der Waals surface area contributed by atoms with Crippen LogP contribution in [-0.4, -0.2) is 46.5 Å². The second kappa shape index (κ2) is 7.06. The van der Waals surface area contributed by atoms with E-state index in [1.54, 1.807) is 0 Å². The van der Waals surface area contributed by atoms with Crippen LogP contribution in [0.3, 0.4) is 0 Å². The number of hydrogen-bond donors (Lipinski definition) is 3. The zero-order chi connectivity index (χ0) is 13.5. The van der Waals surface area contributed by atoms with Crippen LogP contribution >= 0.6 is 7.14 Å². The number of primary amides is 1. The molecule has 17 heavy (non-hydrogen) atoms. The zero-order valence-corrected chi connectivity index (χ0v) is 10.2. The number of amides is 1. The minimum absolute atomic E-state index is 0.0249. The molecule has 8 heteroatoms. The highest BCUT2D eigenvalue weighted by atomic mass is 31.2. The average Bonchev–Trinajstić information content (AvgIpc) is 2.21. The monoisotopic (exact) mass is 265 g/mol. The van der Waals surface area contributed by atoms with Gasteiger partial charge in [0.15, 0.2) is 0 Å². The van der Waals surface area contributed by atoms with E-state index in [1.165, 1.54) is 0 Å². The number of aliphatic carboxylic acids is 2. The molecule has 0 aromatic carbocycles. The second-order valence-corrected chi connectivity index (χ2v) is 7.19. The predicted octanol–water partition coefficient (Wildman–Crippen LogP) is 0.174. The molecule has 98 valence electrons. The van der Waals surface area contributed by atoms with Crippen molar-refractivity contribution in [1.29, 1.82) is 0 Å². The van der Waals surface area contributed by atoms with Gasteiger partial charge in [0.25, 0.3) is 0 Å². The van der Waals surface area contributed by atoms with Gasteiger partial charge in [-0.05, 0) is 0 Å². The molecule has 0 atom stereocenters. The smallest absolute Gasteiger partial charge is 0.303 e. The van der Waals surface area contributed by atoms with Gasteiger partial charge in [-0.3, -0.25) is 14.4 Å². The highest BCUT2D eigenvalue weighted by Gasteiger charge is 2.24. The summed E-state index contributed by atoms with van der Waals surface area (Å²) in [7, 11) is -2.94. The number of carboxylic acid groups (broad SMARTS) is 2. The van der Waals surface area contributed by atoms with Crippen LogP contribution in [0.25, 0.3) is 0 Å². The summed E-state index contributed by atoms with van der Waals surface area (Å²) in [6.07, 6.45) is -0.920. The van der Waals surface area contributed by atoms with E-state index >= 15 is 0 Å². The summed E-state index contributed by atoms with van der Waals surface area (Å²) < 4.78 is 12.2. The first kappa shape index (κ1) is 15.6. The molecular weight excluding hydrogens is 249 g/mol. The summed E-state index contributed by atoms with van der Waals surface area (Å²) in [6.45, 7) is 0. The molecule has 7 nitrogen and oxygen atoms in total. The quantitative estimate of drug-likeness (QED) is 0.509. The number of carbonyl (C=O) groups excluding carboxylic acids is 1. The van der Waals surface area contributed by atoms with E-state index in [2.05, 4.69) is 0 Å². The van der Waals surface area contributed by atoms with Crippen molar-refractivity contribution in [3.63, 3.8) is 0 Å². The number of rotatable bonds is 9. The summed E-state index contributed by atoms with van der Waals surface area (Å²) in [4.78, 5) is 31.4. The lowest BCUT2D eigenvalue weighted by Crippen LogP contribution is -2.15. The topological polar surface area (TPSA) is 135 Å². The normalized spacial score (nSPS) is 11.1. The SMILES string of the molecule is NC(=O)CCP(=O)(CCC(=O)O)CCC(=O)O. The molecule has 1 amide bonds.